The summed E-state index contributed by atoms with van der Waals surface area (Å²) in [6.07, 6.45) is 7.04. The highest BCUT2D eigenvalue weighted by Gasteiger charge is 2.21. The molecule has 4 aromatic rings. The van der Waals surface area contributed by atoms with Crippen LogP contribution in [0.25, 0.3) is 5.69 Å². The largest absolute Gasteiger partial charge is 0.366 e. The Balaban J connectivity index is 1.61. The lowest BCUT2D eigenvalue weighted by atomic mass is 10.1. The van der Waals surface area contributed by atoms with E-state index in [9.17, 15) is 9.59 Å². The summed E-state index contributed by atoms with van der Waals surface area (Å²) in [5, 5.41) is 0. The Labute approximate surface area is 223 Å². The number of hydrogen-bond donors (Lipinski definition) is 2. The molecule has 9 heteroatoms. The molecule has 198 valence electrons. The fraction of sp³-hybridized carbons (Fsp3) is 0.310. The first-order chi connectivity index (χ1) is 18.2. The summed E-state index contributed by atoms with van der Waals surface area (Å²) in [5.74, 6) is 0.644. The van der Waals surface area contributed by atoms with E-state index >= 15 is 0 Å². The molecule has 38 heavy (non-hydrogen) atoms. The zero-order valence-corrected chi connectivity index (χ0v) is 22.3. The van der Waals surface area contributed by atoms with E-state index in [1.54, 1.807) is 47.8 Å². The van der Waals surface area contributed by atoms with E-state index in [0.29, 0.717) is 29.0 Å². The fourth-order valence-electron chi connectivity index (χ4n) is 4.56. The van der Waals surface area contributed by atoms with Gasteiger partial charge in [0.05, 0.1) is 13.1 Å². The van der Waals surface area contributed by atoms with Crippen LogP contribution >= 0.6 is 0 Å². The highest BCUT2D eigenvalue weighted by Crippen LogP contribution is 2.19. The second-order valence-corrected chi connectivity index (χ2v) is 9.88. The second-order valence-electron chi connectivity index (χ2n) is 9.88. The lowest BCUT2D eigenvalue weighted by molar-refractivity contribution is 0.0720. The van der Waals surface area contributed by atoms with E-state index in [1.165, 1.54) is 5.56 Å². The highest BCUT2D eigenvalue weighted by molar-refractivity contribution is 5.97. The molecule has 0 radical (unpaired) electrons. The third-order valence-electron chi connectivity index (χ3n) is 6.53. The van der Waals surface area contributed by atoms with Gasteiger partial charge >= 0.3 is 0 Å². The maximum absolute atomic E-state index is 13.6. The molecule has 0 aliphatic rings. The number of aromatic amines is 1. The number of carbonyl (C=O) groups is 2. The molecule has 0 atom stereocenters. The smallest absolute Gasteiger partial charge is 0.254 e. The van der Waals surface area contributed by atoms with Gasteiger partial charge in [-0.2, -0.15) is 0 Å². The minimum absolute atomic E-state index is 0.203. The minimum Gasteiger partial charge on any atom is -0.366 e. The van der Waals surface area contributed by atoms with E-state index in [4.69, 9.17) is 5.73 Å². The molecule has 2 aromatic heterocycles. The van der Waals surface area contributed by atoms with Crippen LogP contribution in [-0.4, -0.2) is 53.2 Å². The lowest BCUT2D eigenvalue weighted by Gasteiger charge is -2.30. The first-order valence-electron chi connectivity index (χ1n) is 12.8. The Morgan fingerprint density at radius 1 is 0.921 bits per heavy atom. The van der Waals surface area contributed by atoms with Gasteiger partial charge < -0.3 is 20.2 Å². The Morgan fingerprint density at radius 3 is 2.26 bits per heavy atom. The molecule has 2 heterocycles. The number of nitrogens with two attached hydrogens (primary N) is 1. The average molecular weight is 514 g/mol. The van der Waals surface area contributed by atoms with Crippen molar-refractivity contribution in [2.24, 2.45) is 5.73 Å². The third-order valence-corrected chi connectivity index (χ3v) is 6.53. The summed E-state index contributed by atoms with van der Waals surface area (Å²) in [5.41, 5.74) is 8.35. The Hall–Kier alpha value is -4.24. The molecular formula is C29H35N7O2. The quantitative estimate of drug-likeness (QED) is 0.313. The molecule has 0 aliphatic carbocycles. The van der Waals surface area contributed by atoms with Crippen molar-refractivity contribution in [3.8, 4) is 5.69 Å². The predicted octanol–water partition coefficient (Wildman–Crippen LogP) is 4.16. The van der Waals surface area contributed by atoms with Gasteiger partial charge in [0.15, 0.2) is 0 Å². The molecular weight excluding hydrogens is 478 g/mol. The van der Waals surface area contributed by atoms with E-state index in [2.05, 4.69) is 65.7 Å². The number of nitrogens with one attached hydrogen (secondary N) is 1. The molecule has 0 saturated carbocycles. The van der Waals surface area contributed by atoms with Gasteiger partial charge in [-0.3, -0.25) is 14.5 Å². The van der Waals surface area contributed by atoms with Crippen LogP contribution in [0.4, 0.5) is 0 Å². The molecule has 0 saturated heterocycles. The van der Waals surface area contributed by atoms with Crippen molar-refractivity contribution < 1.29 is 9.59 Å². The van der Waals surface area contributed by atoms with E-state index in [-0.39, 0.29) is 19.0 Å². The molecule has 4 rings (SSSR count). The fourth-order valence-corrected chi connectivity index (χ4v) is 4.56. The summed E-state index contributed by atoms with van der Waals surface area (Å²) in [6.45, 7) is 10.2. The van der Waals surface area contributed by atoms with Gasteiger partial charge in [-0.15, -0.1) is 0 Å². The first kappa shape index (κ1) is 26.8. The van der Waals surface area contributed by atoms with Gasteiger partial charge in [-0.25, -0.2) is 9.97 Å². The van der Waals surface area contributed by atoms with Crippen LogP contribution in [0.1, 0.15) is 65.6 Å². The molecule has 0 fully saturated rings. The number of benzene rings is 2. The van der Waals surface area contributed by atoms with Crippen LogP contribution in [-0.2, 0) is 19.6 Å². The maximum atomic E-state index is 13.6. The van der Waals surface area contributed by atoms with Crippen LogP contribution in [0, 0.1) is 0 Å². The standard InChI is InChI=1S/C29H35N7O2/c1-20(2)36(21(3)4)17-22-6-5-7-25(16-22)35-15-14-33-27(35)19-34(18-26-31-12-13-32-26)29(38)24-10-8-23(9-11-24)28(30)37/h5-16,20-21H,17-19H2,1-4H3,(H2,30,37)(H,31,32). The van der Waals surface area contributed by atoms with Gasteiger partial charge in [0, 0.05) is 60.2 Å². The van der Waals surface area contributed by atoms with E-state index < -0.39 is 5.91 Å². The third kappa shape index (κ3) is 6.36. The number of hydrogen-bond acceptors (Lipinski definition) is 5. The number of aromatic nitrogens is 4. The van der Waals surface area contributed by atoms with Crippen molar-refractivity contribution in [2.75, 3.05) is 0 Å². The van der Waals surface area contributed by atoms with Crippen molar-refractivity contribution in [3.63, 3.8) is 0 Å². The number of H-pyrrole nitrogens is 1. The van der Waals surface area contributed by atoms with Crippen molar-refractivity contribution in [1.29, 1.82) is 0 Å². The molecule has 2 amide bonds. The molecule has 0 unspecified atom stereocenters. The predicted molar refractivity (Wildman–Crippen MR) is 147 cm³/mol. The molecule has 0 aliphatic heterocycles. The van der Waals surface area contributed by atoms with Crippen molar-refractivity contribution in [2.45, 2.75) is 59.4 Å². The Morgan fingerprint density at radius 2 is 1.63 bits per heavy atom. The van der Waals surface area contributed by atoms with Crippen molar-refractivity contribution >= 4 is 11.8 Å². The van der Waals surface area contributed by atoms with Crippen LogP contribution in [0.5, 0.6) is 0 Å². The van der Waals surface area contributed by atoms with Gasteiger partial charge in [-0.1, -0.05) is 12.1 Å². The number of carbonyl (C=O) groups excluding carboxylic acids is 2. The normalized spacial score (nSPS) is 11.4. The van der Waals surface area contributed by atoms with Crippen LogP contribution < -0.4 is 5.73 Å². The zero-order valence-electron chi connectivity index (χ0n) is 22.3. The van der Waals surface area contributed by atoms with E-state index in [0.717, 1.165) is 18.1 Å². The molecule has 0 spiro atoms. The van der Waals surface area contributed by atoms with E-state index in [1.807, 2.05) is 16.8 Å². The summed E-state index contributed by atoms with van der Waals surface area (Å²) in [4.78, 5) is 41.1. The summed E-state index contributed by atoms with van der Waals surface area (Å²) in [7, 11) is 0. The number of amides is 2. The van der Waals surface area contributed by atoms with Gasteiger partial charge in [-0.05, 0) is 69.7 Å². The van der Waals surface area contributed by atoms with Crippen molar-refractivity contribution in [1.82, 2.24) is 29.3 Å². The molecule has 9 nitrogen and oxygen atoms in total. The van der Waals surface area contributed by atoms with Gasteiger partial charge in [0.2, 0.25) is 5.91 Å². The lowest BCUT2D eigenvalue weighted by Crippen LogP contribution is -2.36. The number of rotatable bonds is 11. The van der Waals surface area contributed by atoms with Crippen LogP contribution in [0.15, 0.2) is 73.3 Å². The second kappa shape index (κ2) is 11.9. The summed E-state index contributed by atoms with van der Waals surface area (Å²) in [6, 6.07) is 15.6. The first-order valence-corrected chi connectivity index (χ1v) is 12.8. The minimum atomic E-state index is -0.536. The summed E-state index contributed by atoms with van der Waals surface area (Å²) < 4.78 is 2.01. The number of imidazole rings is 2. The maximum Gasteiger partial charge on any atom is 0.254 e. The molecule has 0 bridgehead atoms. The SMILES string of the molecule is CC(C)N(Cc1cccc(-n2ccnc2CN(Cc2ncc[nH]2)C(=O)c2ccc(C(N)=O)cc2)c1)C(C)C. The zero-order chi connectivity index (χ0) is 27.2. The van der Waals surface area contributed by atoms with Crippen LogP contribution in [0.3, 0.4) is 0 Å². The van der Waals surface area contributed by atoms with Crippen molar-refractivity contribution in [3.05, 3.63) is 102 Å². The Bertz CT molecular complexity index is 1350. The highest BCUT2D eigenvalue weighted by atomic mass is 16.2. The topological polar surface area (TPSA) is 113 Å². The van der Waals surface area contributed by atoms with Crippen LogP contribution in [0.2, 0.25) is 0 Å². The Kier molecular flexibility index (Phi) is 8.38. The average Bonchev–Trinajstić information content (AvgIpc) is 3.58. The molecule has 3 N–H and O–H groups in total. The monoisotopic (exact) mass is 513 g/mol. The molecule has 2 aromatic carbocycles. The number of primary amides is 1. The summed E-state index contributed by atoms with van der Waals surface area (Å²) >= 11 is 0. The van der Waals surface area contributed by atoms with Gasteiger partial charge in [0.25, 0.3) is 5.91 Å². The number of nitrogens with zero attached hydrogens (tertiary/aromatic N) is 5. The van der Waals surface area contributed by atoms with Gasteiger partial charge in [0.1, 0.15) is 11.6 Å².